The van der Waals surface area contributed by atoms with Crippen LogP contribution >= 0.6 is 11.8 Å². The molecule has 0 fully saturated rings. The molecule has 0 aromatic heterocycles. The lowest BCUT2D eigenvalue weighted by molar-refractivity contribution is -0.385. The number of nitro groups is 1. The lowest BCUT2D eigenvalue weighted by Crippen LogP contribution is -1.97. The Kier molecular flexibility index (Phi) is 4.23. The molecule has 0 radical (unpaired) electrons. The van der Waals surface area contributed by atoms with Gasteiger partial charge in [-0.15, -0.1) is 0 Å². The zero-order chi connectivity index (χ0) is 15.6. The number of carbonyl (C=O) groups is 1. The van der Waals surface area contributed by atoms with Gasteiger partial charge in [0.05, 0.1) is 10.5 Å². The molecule has 108 valence electrons. The van der Waals surface area contributed by atoms with Crippen molar-refractivity contribution in [3.63, 3.8) is 0 Å². The van der Waals surface area contributed by atoms with Crippen molar-refractivity contribution in [2.45, 2.75) is 16.7 Å². The van der Waals surface area contributed by atoms with Crippen LogP contribution < -0.4 is 0 Å². The number of aromatic carboxylic acids is 1. The first-order valence-corrected chi connectivity index (χ1v) is 6.66. The molecule has 0 spiro atoms. The molecule has 2 rings (SSSR count). The number of hydrogen-bond donors (Lipinski definition) is 1. The third-order valence-corrected chi connectivity index (χ3v) is 3.97. The molecule has 21 heavy (non-hydrogen) atoms. The lowest BCUT2D eigenvalue weighted by Gasteiger charge is -2.07. The fourth-order valence-electron chi connectivity index (χ4n) is 1.65. The highest BCUT2D eigenvalue weighted by molar-refractivity contribution is 7.99. The van der Waals surface area contributed by atoms with Crippen molar-refractivity contribution in [1.29, 1.82) is 0 Å². The number of nitro benzene ring substituents is 1. The molecule has 0 amide bonds. The van der Waals surface area contributed by atoms with Crippen LogP contribution in [0.25, 0.3) is 0 Å². The number of halogens is 1. The summed E-state index contributed by atoms with van der Waals surface area (Å²) in [6.07, 6.45) is 0. The van der Waals surface area contributed by atoms with Crippen LogP contribution in [0.2, 0.25) is 0 Å². The predicted molar refractivity (Wildman–Crippen MR) is 75.3 cm³/mol. The van der Waals surface area contributed by atoms with Gasteiger partial charge in [-0.25, -0.2) is 9.18 Å². The maximum Gasteiger partial charge on any atom is 0.335 e. The van der Waals surface area contributed by atoms with Crippen LogP contribution in [-0.2, 0) is 0 Å². The third-order valence-electron chi connectivity index (χ3n) is 2.78. The van der Waals surface area contributed by atoms with E-state index in [1.165, 1.54) is 24.3 Å². The first kappa shape index (κ1) is 15.0. The molecule has 2 aromatic carbocycles. The van der Waals surface area contributed by atoms with Gasteiger partial charge in [0.25, 0.3) is 5.69 Å². The largest absolute Gasteiger partial charge is 0.478 e. The van der Waals surface area contributed by atoms with Crippen molar-refractivity contribution >= 4 is 23.4 Å². The van der Waals surface area contributed by atoms with Gasteiger partial charge in [-0.2, -0.15) is 0 Å². The minimum atomic E-state index is -1.16. The van der Waals surface area contributed by atoms with Crippen LogP contribution in [0.5, 0.6) is 0 Å². The van der Waals surface area contributed by atoms with Gasteiger partial charge in [-0.05, 0) is 30.7 Å². The molecule has 2 aromatic rings. The Bertz CT molecular complexity index is 671. The summed E-state index contributed by atoms with van der Waals surface area (Å²) < 4.78 is 13.8. The summed E-state index contributed by atoms with van der Waals surface area (Å²) in [7, 11) is 0. The molecule has 0 saturated carbocycles. The second-order valence-electron chi connectivity index (χ2n) is 4.26. The Morgan fingerprint density at radius 3 is 2.57 bits per heavy atom. The molecule has 1 N–H and O–H groups in total. The summed E-state index contributed by atoms with van der Waals surface area (Å²) in [4.78, 5) is 21.8. The molecule has 0 aliphatic heterocycles. The Balaban J connectivity index is 2.42. The van der Waals surface area contributed by atoms with E-state index in [9.17, 15) is 19.3 Å². The summed E-state index contributed by atoms with van der Waals surface area (Å²) in [6.45, 7) is 1.74. The highest BCUT2D eigenvalue weighted by Gasteiger charge is 2.14. The Labute approximate surface area is 123 Å². The Morgan fingerprint density at radius 2 is 1.95 bits per heavy atom. The van der Waals surface area contributed by atoms with Gasteiger partial charge in [-0.1, -0.05) is 17.8 Å². The second kappa shape index (κ2) is 5.92. The fourth-order valence-corrected chi connectivity index (χ4v) is 2.64. The van der Waals surface area contributed by atoms with Gasteiger partial charge in [-0.3, -0.25) is 10.1 Å². The van der Waals surface area contributed by atoms with Crippen molar-refractivity contribution in [2.24, 2.45) is 0 Å². The number of rotatable bonds is 4. The molecule has 0 heterocycles. The summed E-state index contributed by atoms with van der Waals surface area (Å²) >= 11 is 0.961. The van der Waals surface area contributed by atoms with Gasteiger partial charge >= 0.3 is 5.97 Å². The van der Waals surface area contributed by atoms with Gasteiger partial charge in [0.2, 0.25) is 0 Å². The van der Waals surface area contributed by atoms with Crippen LogP contribution in [0.3, 0.4) is 0 Å². The minimum Gasteiger partial charge on any atom is -0.478 e. The van der Waals surface area contributed by atoms with Crippen LogP contribution in [0, 0.1) is 22.9 Å². The van der Waals surface area contributed by atoms with Crippen molar-refractivity contribution in [1.82, 2.24) is 0 Å². The monoisotopic (exact) mass is 307 g/mol. The molecule has 0 bridgehead atoms. The average molecular weight is 307 g/mol. The minimum absolute atomic E-state index is 0.0398. The molecule has 0 saturated heterocycles. The normalized spacial score (nSPS) is 10.4. The van der Waals surface area contributed by atoms with Gasteiger partial charge in [0.1, 0.15) is 5.82 Å². The number of hydrogen-bond acceptors (Lipinski definition) is 4. The van der Waals surface area contributed by atoms with Crippen molar-refractivity contribution < 1.29 is 19.2 Å². The predicted octanol–water partition coefficient (Wildman–Crippen LogP) is 3.89. The summed E-state index contributed by atoms with van der Waals surface area (Å²) in [5.74, 6) is -1.73. The van der Waals surface area contributed by atoms with Crippen molar-refractivity contribution in [2.75, 3.05) is 0 Å². The van der Waals surface area contributed by atoms with Crippen LogP contribution in [0.1, 0.15) is 15.9 Å². The van der Waals surface area contributed by atoms with Gasteiger partial charge < -0.3 is 5.11 Å². The smallest absolute Gasteiger partial charge is 0.335 e. The number of aryl methyl sites for hydroxylation is 1. The quantitative estimate of drug-likeness (QED) is 0.684. The number of nitrogens with zero attached hydrogens (tertiary/aromatic N) is 1. The summed E-state index contributed by atoms with van der Waals surface area (Å²) in [6, 6.07) is 7.72. The summed E-state index contributed by atoms with van der Waals surface area (Å²) in [5, 5.41) is 19.7. The number of carboxylic acids is 1. The maximum absolute atomic E-state index is 13.8. The zero-order valence-electron chi connectivity index (χ0n) is 10.9. The molecular weight excluding hydrogens is 297 g/mol. The first-order chi connectivity index (χ1) is 9.88. The maximum atomic E-state index is 13.8. The molecule has 0 atom stereocenters. The highest BCUT2D eigenvalue weighted by atomic mass is 32.2. The number of benzene rings is 2. The van der Waals surface area contributed by atoms with Crippen molar-refractivity contribution in [3.8, 4) is 0 Å². The van der Waals surface area contributed by atoms with Crippen LogP contribution in [0.15, 0.2) is 46.2 Å². The molecule has 5 nitrogen and oxygen atoms in total. The Hall–Kier alpha value is -2.41. The van der Waals surface area contributed by atoms with Crippen LogP contribution in [0.4, 0.5) is 10.1 Å². The SMILES string of the molecule is Cc1ccc([N+](=O)[O-])cc1Sc1cc(C(=O)O)ccc1F. The van der Waals surface area contributed by atoms with Gasteiger partial charge in [0, 0.05) is 21.9 Å². The van der Waals surface area contributed by atoms with E-state index in [4.69, 9.17) is 5.11 Å². The van der Waals surface area contributed by atoms with Gasteiger partial charge in [0.15, 0.2) is 0 Å². The average Bonchev–Trinajstić information content (AvgIpc) is 2.43. The molecule has 7 heteroatoms. The third kappa shape index (κ3) is 3.38. The lowest BCUT2D eigenvalue weighted by atomic mass is 10.2. The molecular formula is C14H10FNO4S. The first-order valence-electron chi connectivity index (χ1n) is 5.84. The molecule has 0 aliphatic rings. The number of carboxylic acid groups (broad SMARTS) is 1. The van der Waals surface area contributed by atoms with E-state index < -0.39 is 16.7 Å². The van der Waals surface area contributed by atoms with E-state index >= 15 is 0 Å². The van der Waals surface area contributed by atoms with E-state index in [0.717, 1.165) is 23.4 Å². The highest BCUT2D eigenvalue weighted by Crippen LogP contribution is 2.34. The summed E-state index contributed by atoms with van der Waals surface area (Å²) in [5.41, 5.74) is 0.602. The molecule has 0 aliphatic carbocycles. The van der Waals surface area contributed by atoms with E-state index in [0.29, 0.717) is 4.90 Å². The zero-order valence-corrected chi connectivity index (χ0v) is 11.7. The van der Waals surface area contributed by atoms with Crippen LogP contribution in [-0.4, -0.2) is 16.0 Å². The standard InChI is InChI=1S/C14H10FNO4S/c1-8-2-4-10(16(19)20)7-12(8)21-13-6-9(14(17)18)3-5-11(13)15/h2-7H,1H3,(H,17,18). The molecule has 0 unspecified atom stereocenters. The fraction of sp³-hybridized carbons (Fsp3) is 0.0714. The van der Waals surface area contributed by atoms with E-state index in [1.54, 1.807) is 13.0 Å². The van der Waals surface area contributed by atoms with E-state index in [2.05, 4.69) is 0 Å². The second-order valence-corrected chi connectivity index (χ2v) is 5.34. The Morgan fingerprint density at radius 1 is 1.24 bits per heavy atom. The number of non-ortho nitro benzene ring substituents is 1. The van der Waals surface area contributed by atoms with E-state index in [-0.39, 0.29) is 16.1 Å². The topological polar surface area (TPSA) is 80.4 Å². The van der Waals surface area contributed by atoms with E-state index in [1.807, 2.05) is 0 Å². The van der Waals surface area contributed by atoms with Crippen molar-refractivity contribution in [3.05, 3.63) is 63.5 Å².